The summed E-state index contributed by atoms with van der Waals surface area (Å²) in [6.45, 7) is 2.05. The van der Waals surface area contributed by atoms with Gasteiger partial charge < -0.3 is 19.9 Å². The molecule has 2 aromatic carbocycles. The lowest BCUT2D eigenvalue weighted by atomic mass is 10.1. The third-order valence-electron chi connectivity index (χ3n) is 3.15. The van der Waals surface area contributed by atoms with Gasteiger partial charge in [0.2, 0.25) is 0 Å². The number of phenols is 1. The maximum atomic E-state index is 9.29. The number of benzene rings is 2. The van der Waals surface area contributed by atoms with E-state index in [1.54, 1.807) is 26.4 Å². The van der Waals surface area contributed by atoms with Gasteiger partial charge in [-0.3, -0.25) is 0 Å². The molecule has 0 spiro atoms. The van der Waals surface area contributed by atoms with Crippen molar-refractivity contribution in [1.82, 2.24) is 0 Å². The molecule has 0 heterocycles. The summed E-state index contributed by atoms with van der Waals surface area (Å²) in [6.07, 6.45) is 0. The maximum absolute atomic E-state index is 9.29. The minimum Gasteiger partial charge on any atom is -0.508 e. The second kappa shape index (κ2) is 6.19. The molecule has 1 unspecified atom stereocenters. The van der Waals surface area contributed by atoms with Crippen molar-refractivity contribution >= 4 is 5.69 Å². The predicted molar refractivity (Wildman–Crippen MR) is 79.7 cm³/mol. The van der Waals surface area contributed by atoms with Crippen LogP contribution in [0.15, 0.2) is 42.5 Å². The van der Waals surface area contributed by atoms with Crippen molar-refractivity contribution in [3.05, 3.63) is 48.0 Å². The smallest absolute Gasteiger partial charge is 0.124 e. The van der Waals surface area contributed by atoms with Gasteiger partial charge in [0.15, 0.2) is 0 Å². The Morgan fingerprint density at radius 1 is 1.00 bits per heavy atom. The number of phenolic OH excluding ortho intramolecular Hbond substituents is 1. The van der Waals surface area contributed by atoms with Crippen molar-refractivity contribution in [3.63, 3.8) is 0 Å². The highest BCUT2D eigenvalue weighted by Gasteiger charge is 2.12. The van der Waals surface area contributed by atoms with Crippen LogP contribution < -0.4 is 14.8 Å². The zero-order valence-corrected chi connectivity index (χ0v) is 11.9. The number of anilines is 1. The lowest BCUT2D eigenvalue weighted by molar-refractivity contribution is 0.397. The molecule has 1 atom stereocenters. The summed E-state index contributed by atoms with van der Waals surface area (Å²) in [5, 5.41) is 12.7. The summed E-state index contributed by atoms with van der Waals surface area (Å²) in [5.74, 6) is 1.85. The Labute approximate surface area is 119 Å². The quantitative estimate of drug-likeness (QED) is 0.817. The molecule has 0 amide bonds. The first-order chi connectivity index (χ1) is 9.63. The Bertz CT molecular complexity index is 566. The summed E-state index contributed by atoms with van der Waals surface area (Å²) >= 11 is 0. The molecule has 0 bridgehead atoms. The van der Waals surface area contributed by atoms with E-state index in [1.165, 1.54) is 0 Å². The molecule has 0 saturated heterocycles. The number of nitrogens with one attached hydrogen (secondary N) is 1. The van der Waals surface area contributed by atoms with Crippen LogP contribution in [0.4, 0.5) is 5.69 Å². The second-order valence-electron chi connectivity index (χ2n) is 4.52. The molecule has 0 saturated carbocycles. The van der Waals surface area contributed by atoms with Gasteiger partial charge in [0.05, 0.1) is 20.3 Å². The number of rotatable bonds is 5. The SMILES string of the molecule is COc1ccc(OC)c(C(C)Nc2ccc(O)cc2)c1. The van der Waals surface area contributed by atoms with Crippen LogP contribution in [0.3, 0.4) is 0 Å². The van der Waals surface area contributed by atoms with E-state index in [4.69, 9.17) is 9.47 Å². The van der Waals surface area contributed by atoms with E-state index in [2.05, 4.69) is 5.32 Å². The molecule has 2 N–H and O–H groups in total. The fourth-order valence-electron chi connectivity index (χ4n) is 2.06. The van der Waals surface area contributed by atoms with Crippen LogP contribution in [0.2, 0.25) is 0 Å². The van der Waals surface area contributed by atoms with Gasteiger partial charge in [0, 0.05) is 11.3 Å². The molecule has 4 heteroatoms. The van der Waals surface area contributed by atoms with E-state index in [1.807, 2.05) is 37.3 Å². The Kier molecular flexibility index (Phi) is 4.35. The number of methoxy groups -OCH3 is 2. The lowest BCUT2D eigenvalue weighted by Crippen LogP contribution is -2.08. The predicted octanol–water partition coefficient (Wildman–Crippen LogP) is 3.58. The molecule has 106 valence electrons. The van der Waals surface area contributed by atoms with E-state index >= 15 is 0 Å². The van der Waals surface area contributed by atoms with Gasteiger partial charge in [-0.2, -0.15) is 0 Å². The third kappa shape index (κ3) is 3.15. The molecule has 0 aliphatic heterocycles. The molecule has 2 aromatic rings. The monoisotopic (exact) mass is 273 g/mol. The van der Waals surface area contributed by atoms with E-state index in [9.17, 15) is 5.11 Å². The molecule has 0 fully saturated rings. The first kappa shape index (κ1) is 14.1. The highest BCUT2D eigenvalue weighted by atomic mass is 16.5. The number of hydrogen-bond acceptors (Lipinski definition) is 4. The summed E-state index contributed by atoms with van der Waals surface area (Å²) in [6, 6.07) is 12.7. The van der Waals surface area contributed by atoms with E-state index < -0.39 is 0 Å². The number of ether oxygens (including phenoxy) is 2. The molecule has 20 heavy (non-hydrogen) atoms. The molecule has 0 aliphatic rings. The normalized spacial score (nSPS) is 11.8. The highest BCUT2D eigenvalue weighted by Crippen LogP contribution is 2.31. The standard InChI is InChI=1S/C16H19NO3/c1-11(17-12-4-6-13(18)7-5-12)15-10-14(19-2)8-9-16(15)20-3/h4-11,17-18H,1-3H3. The molecule has 0 radical (unpaired) electrons. The molecular formula is C16H19NO3. The van der Waals surface area contributed by atoms with E-state index in [0.717, 1.165) is 22.7 Å². The topological polar surface area (TPSA) is 50.7 Å². The summed E-state index contributed by atoms with van der Waals surface area (Å²) in [7, 11) is 3.29. The second-order valence-corrected chi connectivity index (χ2v) is 4.52. The van der Waals surface area contributed by atoms with Gasteiger partial charge in [-0.25, -0.2) is 0 Å². The van der Waals surface area contributed by atoms with E-state index in [0.29, 0.717) is 0 Å². The zero-order valence-electron chi connectivity index (χ0n) is 11.9. The van der Waals surface area contributed by atoms with Crippen LogP contribution in [-0.2, 0) is 0 Å². The average Bonchev–Trinajstić information content (AvgIpc) is 2.48. The Morgan fingerprint density at radius 3 is 2.30 bits per heavy atom. The van der Waals surface area contributed by atoms with Gasteiger partial charge in [-0.05, 0) is 49.4 Å². The Morgan fingerprint density at radius 2 is 1.70 bits per heavy atom. The minimum atomic E-state index is 0.0459. The number of hydrogen-bond donors (Lipinski definition) is 2. The maximum Gasteiger partial charge on any atom is 0.124 e. The van der Waals surface area contributed by atoms with Crippen molar-refractivity contribution in [2.24, 2.45) is 0 Å². The van der Waals surface area contributed by atoms with Gasteiger partial charge in [0.25, 0.3) is 0 Å². The first-order valence-corrected chi connectivity index (χ1v) is 6.41. The van der Waals surface area contributed by atoms with Crippen LogP contribution >= 0.6 is 0 Å². The van der Waals surface area contributed by atoms with Crippen molar-refractivity contribution in [2.75, 3.05) is 19.5 Å². The van der Waals surface area contributed by atoms with Crippen LogP contribution in [0.1, 0.15) is 18.5 Å². The third-order valence-corrected chi connectivity index (χ3v) is 3.15. The zero-order chi connectivity index (χ0) is 14.5. The van der Waals surface area contributed by atoms with Crippen LogP contribution in [0, 0.1) is 0 Å². The van der Waals surface area contributed by atoms with Crippen LogP contribution in [0.5, 0.6) is 17.2 Å². The summed E-state index contributed by atoms with van der Waals surface area (Å²) < 4.78 is 10.6. The molecule has 0 aromatic heterocycles. The Balaban J connectivity index is 2.23. The van der Waals surface area contributed by atoms with Crippen molar-refractivity contribution in [1.29, 1.82) is 0 Å². The highest BCUT2D eigenvalue weighted by molar-refractivity contribution is 5.50. The Hall–Kier alpha value is -2.36. The molecule has 0 aliphatic carbocycles. The average molecular weight is 273 g/mol. The van der Waals surface area contributed by atoms with Gasteiger partial charge >= 0.3 is 0 Å². The van der Waals surface area contributed by atoms with Gasteiger partial charge in [-0.15, -0.1) is 0 Å². The lowest BCUT2D eigenvalue weighted by Gasteiger charge is -2.19. The van der Waals surface area contributed by atoms with Gasteiger partial charge in [-0.1, -0.05) is 0 Å². The summed E-state index contributed by atoms with van der Waals surface area (Å²) in [4.78, 5) is 0. The fourth-order valence-corrected chi connectivity index (χ4v) is 2.06. The van der Waals surface area contributed by atoms with Crippen LogP contribution in [-0.4, -0.2) is 19.3 Å². The van der Waals surface area contributed by atoms with E-state index in [-0.39, 0.29) is 11.8 Å². The summed E-state index contributed by atoms with van der Waals surface area (Å²) in [5.41, 5.74) is 1.94. The molecule has 4 nitrogen and oxygen atoms in total. The largest absolute Gasteiger partial charge is 0.508 e. The van der Waals surface area contributed by atoms with Gasteiger partial charge in [0.1, 0.15) is 17.2 Å². The fraction of sp³-hybridized carbons (Fsp3) is 0.250. The number of aromatic hydroxyl groups is 1. The molecular weight excluding hydrogens is 254 g/mol. The minimum absolute atomic E-state index is 0.0459. The van der Waals surface area contributed by atoms with Crippen molar-refractivity contribution in [3.8, 4) is 17.2 Å². The molecule has 2 rings (SSSR count). The van der Waals surface area contributed by atoms with Crippen LogP contribution in [0.25, 0.3) is 0 Å². The van der Waals surface area contributed by atoms with Crippen molar-refractivity contribution in [2.45, 2.75) is 13.0 Å². The first-order valence-electron chi connectivity index (χ1n) is 6.41. The van der Waals surface area contributed by atoms with Crippen molar-refractivity contribution < 1.29 is 14.6 Å².